The van der Waals surface area contributed by atoms with Gasteiger partial charge in [-0.1, -0.05) is 50.3 Å². The minimum absolute atomic E-state index is 0.192. The van der Waals surface area contributed by atoms with Crippen molar-refractivity contribution < 1.29 is 5.11 Å². The summed E-state index contributed by atoms with van der Waals surface area (Å²) >= 11 is 4.40. The Balaban J connectivity index is 2.41. The van der Waals surface area contributed by atoms with Crippen LogP contribution in [0.15, 0.2) is 24.3 Å². The molecule has 0 spiro atoms. The van der Waals surface area contributed by atoms with Gasteiger partial charge in [0.1, 0.15) is 5.75 Å². The fourth-order valence-electron chi connectivity index (χ4n) is 1.61. The van der Waals surface area contributed by atoms with Crippen molar-refractivity contribution in [3.8, 4) is 17.6 Å². The van der Waals surface area contributed by atoms with Crippen LogP contribution in [0.2, 0.25) is 0 Å². The number of hydrogen-bond acceptors (Lipinski definition) is 2. The van der Waals surface area contributed by atoms with Crippen LogP contribution in [0.25, 0.3) is 0 Å². The van der Waals surface area contributed by atoms with E-state index in [-0.39, 0.29) is 11.0 Å². The maximum atomic E-state index is 9.64. The molecule has 1 rings (SSSR count). The Morgan fingerprint density at radius 3 is 2.71 bits per heavy atom. The summed E-state index contributed by atoms with van der Waals surface area (Å²) < 4.78 is 0. The Bertz CT molecular complexity index is 389. The molecule has 0 aliphatic carbocycles. The first-order valence-corrected chi connectivity index (χ1v) is 6.71. The highest BCUT2D eigenvalue weighted by molar-refractivity contribution is 7.80. The number of aromatic hydroxyl groups is 1. The van der Waals surface area contributed by atoms with E-state index in [1.54, 1.807) is 12.1 Å². The van der Waals surface area contributed by atoms with Gasteiger partial charge >= 0.3 is 0 Å². The molecule has 17 heavy (non-hydrogen) atoms. The summed E-state index contributed by atoms with van der Waals surface area (Å²) in [6.07, 6.45) is 5.86. The summed E-state index contributed by atoms with van der Waals surface area (Å²) in [6, 6.07) is 7.22. The fourth-order valence-corrected chi connectivity index (χ4v) is 1.92. The molecular formula is C15H20OS. The third-order valence-corrected chi connectivity index (χ3v) is 3.03. The molecule has 1 unspecified atom stereocenters. The predicted octanol–water partition coefficient (Wildman–Crippen LogP) is 4.34. The number of unbranched alkanes of at least 4 members (excludes halogenated alkanes) is 4. The second-order valence-corrected chi connectivity index (χ2v) is 4.61. The Hall–Kier alpha value is -1.07. The highest BCUT2D eigenvalue weighted by Crippen LogP contribution is 2.27. The lowest BCUT2D eigenvalue weighted by Gasteiger charge is -2.05. The highest BCUT2D eigenvalue weighted by atomic mass is 32.1. The van der Waals surface area contributed by atoms with Gasteiger partial charge in [0.15, 0.2) is 0 Å². The average Bonchev–Trinajstić information content (AvgIpc) is 2.34. The number of para-hydroxylation sites is 1. The highest BCUT2D eigenvalue weighted by Gasteiger charge is 2.06. The number of benzene rings is 1. The molecule has 1 atom stereocenters. The van der Waals surface area contributed by atoms with Gasteiger partial charge in [-0.25, -0.2) is 0 Å². The standard InChI is InChI=1S/C15H20OS/c1-2-3-4-5-6-7-12-15(17)13-10-8-9-11-14(13)16/h8-11,15-17H,2-6H2,1H3. The monoisotopic (exact) mass is 248 g/mol. The van der Waals surface area contributed by atoms with E-state index in [0.29, 0.717) is 0 Å². The van der Waals surface area contributed by atoms with Crippen LogP contribution in [-0.2, 0) is 0 Å². The minimum Gasteiger partial charge on any atom is -0.508 e. The molecule has 0 saturated heterocycles. The van der Waals surface area contributed by atoms with Crippen molar-refractivity contribution in [1.82, 2.24) is 0 Å². The summed E-state index contributed by atoms with van der Waals surface area (Å²) in [5.41, 5.74) is 0.789. The molecule has 0 saturated carbocycles. The summed E-state index contributed by atoms with van der Waals surface area (Å²) in [7, 11) is 0. The Morgan fingerprint density at radius 2 is 2.00 bits per heavy atom. The second-order valence-electron chi connectivity index (χ2n) is 4.09. The van der Waals surface area contributed by atoms with Gasteiger partial charge in [0.2, 0.25) is 0 Å². The molecule has 92 valence electrons. The molecule has 2 heteroatoms. The number of thiol groups is 1. The first kappa shape index (κ1) is 14.0. The molecule has 0 aliphatic heterocycles. The van der Waals surface area contributed by atoms with E-state index in [4.69, 9.17) is 0 Å². The zero-order valence-corrected chi connectivity index (χ0v) is 11.2. The summed E-state index contributed by atoms with van der Waals surface area (Å²) in [4.78, 5) is 0. The van der Waals surface area contributed by atoms with Crippen molar-refractivity contribution in [3.05, 3.63) is 29.8 Å². The molecular weight excluding hydrogens is 228 g/mol. The van der Waals surface area contributed by atoms with Gasteiger partial charge in [-0.05, 0) is 12.5 Å². The number of hydrogen-bond donors (Lipinski definition) is 2. The van der Waals surface area contributed by atoms with E-state index in [1.807, 2.05) is 12.1 Å². The molecule has 0 fully saturated rings. The Morgan fingerprint density at radius 1 is 1.24 bits per heavy atom. The summed E-state index contributed by atoms with van der Waals surface area (Å²) in [6.45, 7) is 2.20. The maximum absolute atomic E-state index is 9.64. The lowest BCUT2D eigenvalue weighted by molar-refractivity contribution is 0.470. The molecule has 1 nitrogen and oxygen atoms in total. The molecule has 0 aromatic heterocycles. The van der Waals surface area contributed by atoms with Crippen LogP contribution < -0.4 is 0 Å². The van der Waals surface area contributed by atoms with Crippen LogP contribution in [0.1, 0.15) is 49.8 Å². The summed E-state index contributed by atoms with van der Waals surface area (Å²) in [5, 5.41) is 9.44. The first-order valence-electron chi connectivity index (χ1n) is 6.20. The van der Waals surface area contributed by atoms with Crippen molar-refractivity contribution >= 4 is 12.6 Å². The van der Waals surface area contributed by atoms with E-state index >= 15 is 0 Å². The van der Waals surface area contributed by atoms with Gasteiger partial charge < -0.3 is 5.11 Å². The van der Waals surface area contributed by atoms with E-state index in [0.717, 1.165) is 18.4 Å². The lowest BCUT2D eigenvalue weighted by atomic mass is 10.1. The minimum atomic E-state index is -0.192. The molecule has 0 amide bonds. The molecule has 1 aromatic rings. The van der Waals surface area contributed by atoms with Gasteiger partial charge in [-0.15, -0.1) is 5.92 Å². The summed E-state index contributed by atoms with van der Waals surface area (Å²) in [5.74, 6) is 6.47. The largest absolute Gasteiger partial charge is 0.508 e. The number of phenols is 1. The van der Waals surface area contributed by atoms with Gasteiger partial charge in [-0.3, -0.25) is 0 Å². The molecule has 0 bridgehead atoms. The third-order valence-electron chi connectivity index (χ3n) is 2.63. The van der Waals surface area contributed by atoms with Gasteiger partial charge in [0.05, 0.1) is 5.25 Å². The van der Waals surface area contributed by atoms with E-state index < -0.39 is 0 Å². The van der Waals surface area contributed by atoms with Crippen molar-refractivity contribution in [2.24, 2.45) is 0 Å². The van der Waals surface area contributed by atoms with Crippen LogP contribution in [-0.4, -0.2) is 5.11 Å². The van der Waals surface area contributed by atoms with Crippen LogP contribution in [0, 0.1) is 11.8 Å². The zero-order valence-electron chi connectivity index (χ0n) is 10.3. The lowest BCUT2D eigenvalue weighted by Crippen LogP contribution is -1.87. The normalized spacial score (nSPS) is 11.6. The molecule has 0 aliphatic rings. The van der Waals surface area contributed by atoms with Gasteiger partial charge in [-0.2, -0.15) is 12.6 Å². The molecule has 0 heterocycles. The topological polar surface area (TPSA) is 20.2 Å². The van der Waals surface area contributed by atoms with E-state index in [9.17, 15) is 5.11 Å². The van der Waals surface area contributed by atoms with Gasteiger partial charge in [0, 0.05) is 12.0 Å². The Kier molecular flexibility index (Phi) is 6.65. The van der Waals surface area contributed by atoms with Crippen molar-refractivity contribution in [2.75, 3.05) is 0 Å². The maximum Gasteiger partial charge on any atom is 0.120 e. The molecule has 1 N–H and O–H groups in total. The van der Waals surface area contributed by atoms with Crippen molar-refractivity contribution in [2.45, 2.75) is 44.3 Å². The SMILES string of the molecule is CCCCCCC#CC(S)c1ccccc1O. The quantitative estimate of drug-likeness (QED) is 0.451. The number of rotatable bonds is 5. The first-order chi connectivity index (χ1) is 8.25. The van der Waals surface area contributed by atoms with E-state index in [2.05, 4.69) is 31.4 Å². The fraction of sp³-hybridized carbons (Fsp3) is 0.467. The van der Waals surface area contributed by atoms with Crippen LogP contribution in [0.3, 0.4) is 0 Å². The number of phenolic OH excluding ortho intramolecular Hbond substituents is 1. The molecule has 1 aromatic carbocycles. The van der Waals surface area contributed by atoms with Crippen molar-refractivity contribution in [3.63, 3.8) is 0 Å². The average molecular weight is 248 g/mol. The van der Waals surface area contributed by atoms with Crippen LogP contribution in [0.5, 0.6) is 5.75 Å². The second kappa shape index (κ2) is 8.08. The predicted molar refractivity (Wildman–Crippen MR) is 76.4 cm³/mol. The van der Waals surface area contributed by atoms with E-state index in [1.165, 1.54) is 19.3 Å². The zero-order chi connectivity index (χ0) is 12.5. The van der Waals surface area contributed by atoms with Gasteiger partial charge in [0.25, 0.3) is 0 Å². The van der Waals surface area contributed by atoms with Crippen molar-refractivity contribution in [1.29, 1.82) is 0 Å². The van der Waals surface area contributed by atoms with Crippen LogP contribution in [0.4, 0.5) is 0 Å². The third kappa shape index (κ3) is 5.19. The molecule has 0 radical (unpaired) electrons. The van der Waals surface area contributed by atoms with Crippen LogP contribution >= 0.6 is 12.6 Å². The smallest absolute Gasteiger partial charge is 0.120 e. The Labute approximate surface area is 110 Å².